The average molecular weight is 472 g/mol. The van der Waals surface area contributed by atoms with E-state index < -0.39 is 12.1 Å². The first-order valence-electron chi connectivity index (χ1n) is 11.4. The van der Waals surface area contributed by atoms with Crippen LogP contribution in [0.3, 0.4) is 0 Å². The molecule has 8 nitrogen and oxygen atoms in total. The number of carboxylic acid groups (broad SMARTS) is 1. The molecule has 0 bridgehead atoms. The third kappa shape index (κ3) is 4.55. The summed E-state index contributed by atoms with van der Waals surface area (Å²) in [7, 11) is 0. The number of benzene rings is 3. The molecule has 0 aliphatic heterocycles. The number of ether oxygens (including phenoxy) is 1. The van der Waals surface area contributed by atoms with Gasteiger partial charge in [-0.2, -0.15) is 0 Å². The SMILES string of the molecule is O=C(NC[C@H]1C[C@H]1C(=O)Nc1cc(C(=O)O)ccc1O)OCC1c2ccccc2-c2ccccc21. The van der Waals surface area contributed by atoms with E-state index in [0.717, 1.165) is 22.3 Å². The first-order chi connectivity index (χ1) is 16.9. The van der Waals surface area contributed by atoms with Gasteiger partial charge in [0, 0.05) is 18.4 Å². The van der Waals surface area contributed by atoms with Crippen LogP contribution in [-0.4, -0.2) is 41.3 Å². The number of nitrogens with one attached hydrogen (secondary N) is 2. The molecule has 2 aliphatic carbocycles. The summed E-state index contributed by atoms with van der Waals surface area (Å²) in [5.74, 6) is -2.12. The van der Waals surface area contributed by atoms with Crippen molar-refractivity contribution in [3.8, 4) is 16.9 Å². The number of aromatic carboxylic acids is 1. The van der Waals surface area contributed by atoms with E-state index in [0.29, 0.717) is 6.42 Å². The predicted molar refractivity (Wildman–Crippen MR) is 128 cm³/mol. The molecule has 0 aromatic heterocycles. The van der Waals surface area contributed by atoms with Crippen molar-refractivity contribution in [1.82, 2.24) is 5.32 Å². The van der Waals surface area contributed by atoms with E-state index >= 15 is 0 Å². The Kier molecular flexibility index (Phi) is 5.86. The van der Waals surface area contributed by atoms with Crippen molar-refractivity contribution in [3.05, 3.63) is 83.4 Å². The zero-order valence-electron chi connectivity index (χ0n) is 18.7. The lowest BCUT2D eigenvalue weighted by Crippen LogP contribution is -2.29. The molecule has 5 rings (SSSR count). The molecular weight excluding hydrogens is 448 g/mol. The number of anilines is 1. The molecule has 2 atom stereocenters. The summed E-state index contributed by atoms with van der Waals surface area (Å²) in [6.45, 7) is 0.504. The quantitative estimate of drug-likeness (QED) is 0.382. The molecule has 0 heterocycles. The Balaban J connectivity index is 1.11. The summed E-state index contributed by atoms with van der Waals surface area (Å²) in [5.41, 5.74) is 4.59. The summed E-state index contributed by atoms with van der Waals surface area (Å²) in [6, 6.07) is 19.9. The van der Waals surface area contributed by atoms with Crippen LogP contribution in [0.5, 0.6) is 5.75 Å². The van der Waals surface area contributed by atoms with E-state index in [1.165, 1.54) is 18.2 Å². The number of rotatable bonds is 7. The van der Waals surface area contributed by atoms with Crippen LogP contribution in [0.4, 0.5) is 10.5 Å². The van der Waals surface area contributed by atoms with Crippen molar-refractivity contribution in [3.63, 3.8) is 0 Å². The minimum absolute atomic E-state index is 0.0261. The van der Waals surface area contributed by atoms with Crippen LogP contribution in [0.2, 0.25) is 0 Å². The Labute approximate surface area is 201 Å². The fourth-order valence-electron chi connectivity index (χ4n) is 4.65. The fraction of sp³-hybridized carbons (Fsp3) is 0.222. The zero-order valence-corrected chi connectivity index (χ0v) is 18.7. The number of aromatic hydroxyl groups is 1. The van der Waals surface area contributed by atoms with Gasteiger partial charge in [0.25, 0.3) is 0 Å². The lowest BCUT2D eigenvalue weighted by Gasteiger charge is -2.14. The third-order valence-corrected chi connectivity index (χ3v) is 6.61. The van der Waals surface area contributed by atoms with Crippen LogP contribution in [-0.2, 0) is 9.53 Å². The second-order valence-electron chi connectivity index (χ2n) is 8.84. The van der Waals surface area contributed by atoms with Gasteiger partial charge >= 0.3 is 12.1 Å². The van der Waals surface area contributed by atoms with Gasteiger partial charge in [0.05, 0.1) is 11.3 Å². The standard InChI is InChI=1S/C27H24N2O6/c30-24-10-9-15(26(32)33)12-23(24)29-25(31)21-11-16(21)13-28-27(34)35-14-22-19-7-3-1-5-17(19)18-6-2-4-8-20(18)22/h1-10,12,16,21-22,30H,11,13-14H2,(H,28,34)(H,29,31)(H,32,33)/t16-,21-/m1/s1. The maximum atomic E-state index is 12.5. The zero-order chi connectivity index (χ0) is 24.5. The molecule has 0 radical (unpaired) electrons. The molecule has 35 heavy (non-hydrogen) atoms. The van der Waals surface area contributed by atoms with E-state index in [4.69, 9.17) is 9.84 Å². The monoisotopic (exact) mass is 472 g/mol. The highest BCUT2D eigenvalue weighted by Crippen LogP contribution is 2.44. The first-order valence-corrected chi connectivity index (χ1v) is 11.4. The summed E-state index contributed by atoms with van der Waals surface area (Å²) in [6.07, 6.45) is 0.0410. The first kappa shape index (κ1) is 22.5. The van der Waals surface area contributed by atoms with Crippen LogP contribution in [0.25, 0.3) is 11.1 Å². The van der Waals surface area contributed by atoms with Crippen molar-refractivity contribution in [2.45, 2.75) is 12.3 Å². The van der Waals surface area contributed by atoms with E-state index in [-0.39, 0.29) is 53.8 Å². The largest absolute Gasteiger partial charge is 0.506 e. The number of fused-ring (bicyclic) bond motifs is 3. The maximum Gasteiger partial charge on any atom is 0.407 e. The van der Waals surface area contributed by atoms with Gasteiger partial charge in [0.15, 0.2) is 0 Å². The van der Waals surface area contributed by atoms with Crippen LogP contribution in [0, 0.1) is 11.8 Å². The summed E-state index contributed by atoms with van der Waals surface area (Å²) < 4.78 is 5.52. The number of carbonyl (C=O) groups excluding carboxylic acids is 2. The molecule has 1 fully saturated rings. The Morgan fingerprint density at radius 3 is 2.26 bits per heavy atom. The van der Waals surface area contributed by atoms with Gasteiger partial charge in [-0.1, -0.05) is 48.5 Å². The number of hydrogen-bond acceptors (Lipinski definition) is 5. The van der Waals surface area contributed by atoms with E-state index in [9.17, 15) is 19.5 Å². The highest BCUT2D eigenvalue weighted by molar-refractivity contribution is 5.97. The van der Waals surface area contributed by atoms with Crippen molar-refractivity contribution in [2.75, 3.05) is 18.5 Å². The van der Waals surface area contributed by atoms with Gasteiger partial charge in [-0.15, -0.1) is 0 Å². The van der Waals surface area contributed by atoms with E-state index in [1.54, 1.807) is 0 Å². The topological polar surface area (TPSA) is 125 Å². The predicted octanol–water partition coefficient (Wildman–Crippen LogP) is 4.20. The molecule has 1 saturated carbocycles. The minimum Gasteiger partial charge on any atom is -0.506 e. The lowest BCUT2D eigenvalue weighted by molar-refractivity contribution is -0.117. The smallest absolute Gasteiger partial charge is 0.407 e. The fourth-order valence-corrected chi connectivity index (χ4v) is 4.65. The third-order valence-electron chi connectivity index (χ3n) is 6.61. The number of carboxylic acids is 1. The Bertz CT molecular complexity index is 1280. The van der Waals surface area contributed by atoms with Crippen LogP contribution in [0.15, 0.2) is 66.7 Å². The molecule has 4 N–H and O–H groups in total. The highest BCUT2D eigenvalue weighted by atomic mass is 16.5. The van der Waals surface area contributed by atoms with Crippen molar-refractivity contribution in [1.29, 1.82) is 0 Å². The molecule has 0 unspecified atom stereocenters. The van der Waals surface area contributed by atoms with Crippen molar-refractivity contribution < 1.29 is 29.3 Å². The molecule has 178 valence electrons. The summed E-state index contributed by atoms with van der Waals surface area (Å²) in [5, 5.41) is 24.3. The molecular formula is C27H24N2O6. The number of carbonyl (C=O) groups is 3. The lowest BCUT2D eigenvalue weighted by atomic mass is 9.98. The summed E-state index contributed by atoms with van der Waals surface area (Å²) in [4.78, 5) is 35.9. The maximum absolute atomic E-state index is 12.5. The number of phenolic OH excluding ortho intramolecular Hbond substituents is 1. The molecule has 0 spiro atoms. The Morgan fingerprint density at radius 2 is 1.60 bits per heavy atom. The van der Waals surface area contributed by atoms with Gasteiger partial charge in [-0.05, 0) is 52.8 Å². The number of phenols is 1. The van der Waals surface area contributed by atoms with Gasteiger partial charge < -0.3 is 25.6 Å². The molecule has 2 amide bonds. The van der Waals surface area contributed by atoms with Gasteiger partial charge in [-0.3, -0.25) is 4.79 Å². The minimum atomic E-state index is -1.16. The number of hydrogen-bond donors (Lipinski definition) is 4. The second kappa shape index (κ2) is 9.13. The molecule has 3 aromatic carbocycles. The molecule has 3 aromatic rings. The van der Waals surface area contributed by atoms with Crippen LogP contribution < -0.4 is 10.6 Å². The Morgan fingerprint density at radius 1 is 0.943 bits per heavy atom. The summed E-state index contributed by atoms with van der Waals surface area (Å²) >= 11 is 0. The molecule has 2 aliphatic rings. The van der Waals surface area contributed by atoms with Crippen LogP contribution in [0.1, 0.15) is 33.8 Å². The second-order valence-corrected chi connectivity index (χ2v) is 8.84. The normalized spacial score (nSPS) is 17.7. The average Bonchev–Trinajstić information content (AvgIpc) is 3.58. The van der Waals surface area contributed by atoms with Crippen molar-refractivity contribution >= 4 is 23.7 Å². The number of alkyl carbamates (subject to hydrolysis) is 1. The highest BCUT2D eigenvalue weighted by Gasteiger charge is 2.43. The van der Waals surface area contributed by atoms with E-state index in [2.05, 4.69) is 34.9 Å². The van der Waals surface area contributed by atoms with Gasteiger partial charge in [-0.25, -0.2) is 9.59 Å². The van der Waals surface area contributed by atoms with Gasteiger partial charge in [0.1, 0.15) is 12.4 Å². The molecule has 0 saturated heterocycles. The number of amides is 2. The molecule has 8 heteroatoms. The van der Waals surface area contributed by atoms with Crippen LogP contribution >= 0.6 is 0 Å². The Hall–Kier alpha value is -4.33. The van der Waals surface area contributed by atoms with E-state index in [1.807, 2.05) is 24.3 Å². The van der Waals surface area contributed by atoms with Crippen molar-refractivity contribution in [2.24, 2.45) is 11.8 Å². The van der Waals surface area contributed by atoms with Gasteiger partial charge in [0.2, 0.25) is 5.91 Å².